The Morgan fingerprint density at radius 2 is 2.23 bits per heavy atom. The third-order valence-electron chi connectivity index (χ3n) is 2.81. The summed E-state index contributed by atoms with van der Waals surface area (Å²) < 4.78 is 1.12. The molecule has 3 heteroatoms. The summed E-state index contributed by atoms with van der Waals surface area (Å²) in [5, 5.41) is 2.92. The van der Waals surface area contributed by atoms with Gasteiger partial charge in [0.25, 0.3) is 0 Å². The Bertz CT molecular complexity index is 402. The van der Waals surface area contributed by atoms with Crippen LogP contribution in [0.1, 0.15) is 17.9 Å². The van der Waals surface area contributed by atoms with E-state index >= 15 is 0 Å². The van der Waals surface area contributed by atoms with Crippen LogP contribution in [-0.4, -0.2) is 5.91 Å². The Hall–Kier alpha value is -0.830. The third kappa shape index (κ3) is 0.967. The van der Waals surface area contributed by atoms with Crippen LogP contribution in [0, 0.1) is 5.92 Å². The molecule has 66 valence electrons. The number of fused-ring (bicyclic) bond motifs is 3. The maximum atomic E-state index is 11.4. The second kappa shape index (κ2) is 2.35. The lowest BCUT2D eigenvalue weighted by molar-refractivity contribution is -0.117. The SMILES string of the molecule is O=C1Nc2cccc(Br)c2[C@H]2C[C@H]12. The van der Waals surface area contributed by atoms with E-state index in [9.17, 15) is 4.79 Å². The first kappa shape index (κ1) is 7.56. The lowest BCUT2D eigenvalue weighted by Crippen LogP contribution is -2.19. The summed E-state index contributed by atoms with van der Waals surface area (Å²) in [7, 11) is 0. The Balaban J connectivity index is 2.20. The summed E-state index contributed by atoms with van der Waals surface area (Å²) in [6.45, 7) is 0. The number of rotatable bonds is 0. The van der Waals surface area contributed by atoms with Gasteiger partial charge in [-0.3, -0.25) is 4.79 Å². The summed E-state index contributed by atoms with van der Waals surface area (Å²) in [6.07, 6.45) is 1.02. The van der Waals surface area contributed by atoms with Crippen LogP contribution in [0.15, 0.2) is 22.7 Å². The fourth-order valence-electron chi connectivity index (χ4n) is 2.05. The molecule has 1 fully saturated rings. The molecule has 0 bridgehead atoms. The maximum absolute atomic E-state index is 11.4. The summed E-state index contributed by atoms with van der Waals surface area (Å²) in [5.41, 5.74) is 2.27. The van der Waals surface area contributed by atoms with Crippen LogP contribution in [0.5, 0.6) is 0 Å². The minimum Gasteiger partial charge on any atom is -0.326 e. The molecule has 1 aromatic rings. The van der Waals surface area contributed by atoms with Gasteiger partial charge < -0.3 is 5.32 Å². The van der Waals surface area contributed by atoms with Crippen LogP contribution in [-0.2, 0) is 4.79 Å². The standard InChI is InChI=1S/C10H8BrNO/c11-7-2-1-3-8-9(7)5-4-6(5)10(13)12-8/h1-3,5-6H,4H2,(H,12,13)/t5-,6-/m0/s1. The summed E-state index contributed by atoms with van der Waals surface area (Å²) in [4.78, 5) is 11.4. The Morgan fingerprint density at radius 3 is 3.08 bits per heavy atom. The second-order valence-electron chi connectivity index (χ2n) is 3.64. The first-order valence-electron chi connectivity index (χ1n) is 4.36. The quantitative estimate of drug-likeness (QED) is 0.739. The maximum Gasteiger partial charge on any atom is 0.228 e. The van der Waals surface area contributed by atoms with Gasteiger partial charge in [0.15, 0.2) is 0 Å². The molecule has 2 nitrogen and oxygen atoms in total. The molecule has 1 N–H and O–H groups in total. The molecule has 0 saturated heterocycles. The van der Waals surface area contributed by atoms with Gasteiger partial charge in [-0.05, 0) is 30.0 Å². The van der Waals surface area contributed by atoms with Crippen LogP contribution >= 0.6 is 15.9 Å². The van der Waals surface area contributed by atoms with Crippen LogP contribution in [0.3, 0.4) is 0 Å². The van der Waals surface area contributed by atoms with E-state index in [0.29, 0.717) is 5.92 Å². The van der Waals surface area contributed by atoms with Gasteiger partial charge in [-0.1, -0.05) is 22.0 Å². The number of carbonyl (C=O) groups excluding carboxylic acids is 1. The van der Waals surface area contributed by atoms with Crippen LogP contribution in [0.4, 0.5) is 5.69 Å². The first-order chi connectivity index (χ1) is 6.27. The fourth-order valence-corrected chi connectivity index (χ4v) is 2.71. The number of nitrogens with one attached hydrogen (secondary N) is 1. The zero-order valence-electron chi connectivity index (χ0n) is 6.88. The number of carbonyl (C=O) groups is 1. The molecule has 1 heterocycles. The molecule has 1 aromatic carbocycles. The topological polar surface area (TPSA) is 29.1 Å². The number of amides is 1. The summed E-state index contributed by atoms with van der Waals surface area (Å²) in [5.74, 6) is 0.904. The van der Waals surface area contributed by atoms with E-state index in [1.807, 2.05) is 18.2 Å². The van der Waals surface area contributed by atoms with Gasteiger partial charge in [0, 0.05) is 16.1 Å². The number of benzene rings is 1. The highest BCUT2D eigenvalue weighted by molar-refractivity contribution is 9.10. The van der Waals surface area contributed by atoms with Crippen LogP contribution in [0.2, 0.25) is 0 Å². The summed E-state index contributed by atoms with van der Waals surface area (Å²) in [6, 6.07) is 5.95. The van der Waals surface area contributed by atoms with Crippen molar-refractivity contribution in [2.75, 3.05) is 5.32 Å². The van der Waals surface area contributed by atoms with Gasteiger partial charge in [0.2, 0.25) is 5.91 Å². The molecule has 0 unspecified atom stereocenters. The van der Waals surface area contributed by atoms with E-state index in [4.69, 9.17) is 0 Å². The Morgan fingerprint density at radius 1 is 1.38 bits per heavy atom. The smallest absolute Gasteiger partial charge is 0.228 e. The van der Waals surface area contributed by atoms with Crippen molar-refractivity contribution in [2.24, 2.45) is 5.92 Å². The normalized spacial score (nSPS) is 28.8. The number of halogens is 1. The lowest BCUT2D eigenvalue weighted by Gasteiger charge is -2.16. The van der Waals surface area contributed by atoms with Gasteiger partial charge in [-0.15, -0.1) is 0 Å². The molecule has 0 aromatic heterocycles. The van der Waals surface area contributed by atoms with Gasteiger partial charge in [-0.2, -0.15) is 0 Å². The molecule has 1 aliphatic heterocycles. The molecule has 1 saturated carbocycles. The number of anilines is 1. The molecule has 2 aliphatic rings. The zero-order chi connectivity index (χ0) is 9.00. The third-order valence-corrected chi connectivity index (χ3v) is 3.50. The molecule has 2 atom stereocenters. The average molecular weight is 238 g/mol. The minimum absolute atomic E-state index is 0.190. The van der Waals surface area contributed by atoms with E-state index in [2.05, 4.69) is 21.2 Å². The van der Waals surface area contributed by atoms with Crippen molar-refractivity contribution < 1.29 is 4.79 Å². The highest BCUT2D eigenvalue weighted by Gasteiger charge is 2.49. The predicted molar refractivity (Wildman–Crippen MR) is 53.6 cm³/mol. The van der Waals surface area contributed by atoms with E-state index in [0.717, 1.165) is 16.6 Å². The summed E-state index contributed by atoms with van der Waals surface area (Å²) >= 11 is 3.52. The highest BCUT2D eigenvalue weighted by atomic mass is 79.9. The van der Waals surface area contributed by atoms with Crippen LogP contribution < -0.4 is 5.32 Å². The predicted octanol–water partition coefficient (Wildman–Crippen LogP) is 2.50. The molecular formula is C10H8BrNO. The van der Waals surface area contributed by atoms with Crippen LogP contribution in [0.25, 0.3) is 0 Å². The van der Waals surface area contributed by atoms with Gasteiger partial charge in [0.05, 0.1) is 0 Å². The van der Waals surface area contributed by atoms with E-state index < -0.39 is 0 Å². The molecule has 0 spiro atoms. The van der Waals surface area contributed by atoms with E-state index in [1.54, 1.807) is 0 Å². The van der Waals surface area contributed by atoms with Crippen molar-refractivity contribution in [3.63, 3.8) is 0 Å². The van der Waals surface area contributed by atoms with Gasteiger partial charge >= 0.3 is 0 Å². The van der Waals surface area contributed by atoms with Crippen molar-refractivity contribution in [1.82, 2.24) is 0 Å². The zero-order valence-corrected chi connectivity index (χ0v) is 8.47. The van der Waals surface area contributed by atoms with Crippen molar-refractivity contribution in [2.45, 2.75) is 12.3 Å². The van der Waals surface area contributed by atoms with Crippen molar-refractivity contribution in [3.8, 4) is 0 Å². The molecule has 1 amide bonds. The van der Waals surface area contributed by atoms with E-state index in [-0.39, 0.29) is 11.8 Å². The van der Waals surface area contributed by atoms with Crippen molar-refractivity contribution >= 4 is 27.5 Å². The van der Waals surface area contributed by atoms with Gasteiger partial charge in [0.1, 0.15) is 0 Å². The molecule has 1 aliphatic carbocycles. The fraction of sp³-hybridized carbons (Fsp3) is 0.300. The van der Waals surface area contributed by atoms with Crippen molar-refractivity contribution in [3.05, 3.63) is 28.2 Å². The molecule has 3 rings (SSSR count). The number of hydrogen-bond acceptors (Lipinski definition) is 1. The lowest BCUT2D eigenvalue weighted by atomic mass is 10.0. The molecule has 13 heavy (non-hydrogen) atoms. The monoisotopic (exact) mass is 237 g/mol. The number of hydrogen-bond donors (Lipinski definition) is 1. The average Bonchev–Trinajstić information content (AvgIpc) is 2.83. The molecular weight excluding hydrogens is 230 g/mol. The highest BCUT2D eigenvalue weighted by Crippen LogP contribution is 2.55. The minimum atomic E-state index is 0.190. The molecule has 0 radical (unpaired) electrons. The largest absolute Gasteiger partial charge is 0.326 e. The first-order valence-corrected chi connectivity index (χ1v) is 5.16. The van der Waals surface area contributed by atoms with Crippen molar-refractivity contribution in [1.29, 1.82) is 0 Å². The van der Waals surface area contributed by atoms with Gasteiger partial charge in [-0.25, -0.2) is 0 Å². The Kier molecular flexibility index (Phi) is 1.37. The Labute approximate surface area is 84.5 Å². The van der Waals surface area contributed by atoms with E-state index in [1.165, 1.54) is 5.56 Å². The second-order valence-corrected chi connectivity index (χ2v) is 4.49.